The third-order valence-corrected chi connectivity index (χ3v) is 3.30. The molecule has 0 saturated carbocycles. The van der Waals surface area contributed by atoms with E-state index in [0.29, 0.717) is 23.2 Å². The van der Waals surface area contributed by atoms with E-state index in [1.807, 2.05) is 43.4 Å². The van der Waals surface area contributed by atoms with E-state index in [1.165, 1.54) is 0 Å². The van der Waals surface area contributed by atoms with Crippen LogP contribution in [0.15, 0.2) is 48.8 Å². The number of hydrogen-bond acceptors (Lipinski definition) is 4. The Hall–Kier alpha value is -2.17. The van der Waals surface area contributed by atoms with Crippen LogP contribution in [0.2, 0.25) is 5.02 Å². The van der Waals surface area contributed by atoms with Crippen molar-refractivity contribution >= 4 is 22.5 Å². The first-order valence-electron chi connectivity index (χ1n) is 6.58. The first-order chi connectivity index (χ1) is 10.3. The van der Waals surface area contributed by atoms with Gasteiger partial charge < -0.3 is 10.1 Å². The number of ether oxygens (including phenoxy) is 1. The van der Waals surface area contributed by atoms with Crippen molar-refractivity contribution < 1.29 is 4.74 Å². The van der Waals surface area contributed by atoms with Gasteiger partial charge in [-0.05, 0) is 30.8 Å². The number of rotatable bonds is 4. The van der Waals surface area contributed by atoms with Gasteiger partial charge >= 0.3 is 0 Å². The van der Waals surface area contributed by atoms with Crippen LogP contribution in [0.1, 0.15) is 5.56 Å². The summed E-state index contributed by atoms with van der Waals surface area (Å²) in [6.07, 6.45) is 3.41. The molecule has 3 rings (SSSR count). The molecule has 2 heterocycles. The molecule has 1 N–H and O–H groups in total. The van der Waals surface area contributed by atoms with Gasteiger partial charge in [0.2, 0.25) is 5.88 Å². The molecule has 0 bridgehead atoms. The summed E-state index contributed by atoms with van der Waals surface area (Å²) in [5.41, 5.74) is 1.93. The summed E-state index contributed by atoms with van der Waals surface area (Å²) < 4.78 is 5.72. The van der Waals surface area contributed by atoms with Crippen LogP contribution >= 0.6 is 11.6 Å². The molecule has 0 unspecified atom stereocenters. The molecule has 21 heavy (non-hydrogen) atoms. The van der Waals surface area contributed by atoms with Gasteiger partial charge in [-0.25, -0.2) is 4.98 Å². The number of halogens is 1. The summed E-state index contributed by atoms with van der Waals surface area (Å²) in [5, 5.41) is 4.55. The topological polar surface area (TPSA) is 47.0 Å². The quantitative estimate of drug-likeness (QED) is 0.796. The molecule has 5 heteroatoms. The van der Waals surface area contributed by atoms with E-state index in [-0.39, 0.29) is 0 Å². The van der Waals surface area contributed by atoms with Crippen molar-refractivity contribution in [2.45, 2.75) is 6.54 Å². The maximum Gasteiger partial charge on any atom is 0.238 e. The average molecular weight is 300 g/mol. The molecule has 0 spiro atoms. The second-order valence-electron chi connectivity index (χ2n) is 4.63. The van der Waals surface area contributed by atoms with Crippen molar-refractivity contribution in [2.75, 3.05) is 7.05 Å². The van der Waals surface area contributed by atoms with Crippen molar-refractivity contribution in [2.24, 2.45) is 0 Å². The minimum atomic E-state index is 0.383. The fourth-order valence-electron chi connectivity index (χ4n) is 2.06. The summed E-state index contributed by atoms with van der Waals surface area (Å²) in [7, 11) is 1.87. The number of hydrogen-bond donors (Lipinski definition) is 1. The van der Waals surface area contributed by atoms with E-state index >= 15 is 0 Å². The fraction of sp³-hybridized carbons (Fsp3) is 0.125. The molecule has 0 aliphatic rings. The highest BCUT2D eigenvalue weighted by Crippen LogP contribution is 2.28. The summed E-state index contributed by atoms with van der Waals surface area (Å²) >= 11 is 6.20. The Labute approximate surface area is 127 Å². The van der Waals surface area contributed by atoms with Gasteiger partial charge in [-0.2, -0.15) is 0 Å². The van der Waals surface area contributed by atoms with Crippen LogP contribution in [-0.2, 0) is 6.54 Å². The summed E-state index contributed by atoms with van der Waals surface area (Å²) in [6, 6.07) is 11.6. The number of pyridine rings is 2. The normalized spacial score (nSPS) is 10.8. The fourth-order valence-corrected chi connectivity index (χ4v) is 2.29. The molecule has 0 aliphatic heterocycles. The SMILES string of the molecule is CNCc1cnc(Oc2cnc3ccccc3c2)c(Cl)c1. The van der Waals surface area contributed by atoms with Gasteiger partial charge in [-0.15, -0.1) is 0 Å². The number of para-hydroxylation sites is 1. The Morgan fingerprint density at radius 2 is 2.00 bits per heavy atom. The van der Waals surface area contributed by atoms with E-state index in [1.54, 1.807) is 12.4 Å². The van der Waals surface area contributed by atoms with E-state index in [0.717, 1.165) is 16.5 Å². The average Bonchev–Trinajstić information content (AvgIpc) is 2.50. The van der Waals surface area contributed by atoms with Gasteiger partial charge in [0.15, 0.2) is 0 Å². The highest BCUT2D eigenvalue weighted by Gasteiger charge is 2.07. The molecule has 2 aromatic heterocycles. The lowest BCUT2D eigenvalue weighted by Crippen LogP contribution is -2.05. The molecule has 0 fully saturated rings. The Morgan fingerprint density at radius 3 is 2.81 bits per heavy atom. The minimum Gasteiger partial charge on any atom is -0.436 e. The van der Waals surface area contributed by atoms with Gasteiger partial charge in [0.05, 0.1) is 11.7 Å². The standard InChI is InChI=1S/C16H14ClN3O/c1-18-8-11-6-14(17)16(20-9-11)21-13-7-12-4-2-3-5-15(12)19-10-13/h2-7,9-10,18H,8H2,1H3. The van der Waals surface area contributed by atoms with Gasteiger partial charge in [0, 0.05) is 18.1 Å². The lowest BCUT2D eigenvalue weighted by atomic mass is 10.2. The van der Waals surface area contributed by atoms with Gasteiger partial charge in [0.1, 0.15) is 10.8 Å². The zero-order valence-electron chi connectivity index (χ0n) is 11.5. The maximum absolute atomic E-state index is 6.20. The van der Waals surface area contributed by atoms with Crippen LogP contribution in [-0.4, -0.2) is 17.0 Å². The minimum absolute atomic E-state index is 0.383. The third-order valence-electron chi connectivity index (χ3n) is 3.02. The number of nitrogens with one attached hydrogen (secondary N) is 1. The predicted molar refractivity (Wildman–Crippen MR) is 83.8 cm³/mol. The van der Waals surface area contributed by atoms with Gasteiger partial charge in [0.25, 0.3) is 0 Å². The number of benzene rings is 1. The van der Waals surface area contributed by atoms with Crippen molar-refractivity contribution in [1.29, 1.82) is 0 Å². The largest absolute Gasteiger partial charge is 0.436 e. The van der Waals surface area contributed by atoms with Gasteiger partial charge in [-0.3, -0.25) is 4.98 Å². The molecule has 0 amide bonds. The first-order valence-corrected chi connectivity index (χ1v) is 6.96. The monoisotopic (exact) mass is 299 g/mol. The third kappa shape index (κ3) is 3.12. The number of fused-ring (bicyclic) bond motifs is 1. The molecule has 1 aromatic carbocycles. The Bertz CT molecular complexity index is 776. The van der Waals surface area contributed by atoms with E-state index in [4.69, 9.17) is 16.3 Å². The molecular formula is C16H14ClN3O. The Kier molecular flexibility index (Phi) is 3.99. The smallest absolute Gasteiger partial charge is 0.238 e. The highest BCUT2D eigenvalue weighted by atomic mass is 35.5. The molecule has 0 atom stereocenters. The zero-order valence-corrected chi connectivity index (χ0v) is 12.3. The van der Waals surface area contributed by atoms with Crippen LogP contribution in [0.4, 0.5) is 0 Å². The van der Waals surface area contributed by atoms with Crippen LogP contribution in [0, 0.1) is 0 Å². The van der Waals surface area contributed by atoms with Crippen molar-refractivity contribution in [3.63, 3.8) is 0 Å². The predicted octanol–water partition coefficient (Wildman–Crippen LogP) is 3.79. The van der Waals surface area contributed by atoms with Crippen molar-refractivity contribution in [1.82, 2.24) is 15.3 Å². The van der Waals surface area contributed by atoms with E-state index in [9.17, 15) is 0 Å². The van der Waals surface area contributed by atoms with Crippen molar-refractivity contribution in [3.05, 3.63) is 59.4 Å². The van der Waals surface area contributed by atoms with Gasteiger partial charge in [-0.1, -0.05) is 29.8 Å². The van der Waals surface area contributed by atoms with Crippen LogP contribution < -0.4 is 10.1 Å². The second-order valence-corrected chi connectivity index (χ2v) is 5.03. The maximum atomic E-state index is 6.20. The summed E-state index contributed by atoms with van der Waals surface area (Å²) in [5.74, 6) is 0.998. The van der Waals surface area contributed by atoms with E-state index < -0.39 is 0 Å². The Balaban J connectivity index is 1.87. The second kappa shape index (κ2) is 6.08. The number of nitrogens with zero attached hydrogens (tertiary/aromatic N) is 2. The number of aromatic nitrogens is 2. The van der Waals surface area contributed by atoms with Crippen LogP contribution in [0.5, 0.6) is 11.6 Å². The summed E-state index contributed by atoms with van der Waals surface area (Å²) in [4.78, 5) is 8.60. The molecule has 3 aromatic rings. The molecule has 0 saturated heterocycles. The molecule has 0 aliphatic carbocycles. The molecule has 4 nitrogen and oxygen atoms in total. The first kappa shape index (κ1) is 13.8. The molecule has 0 radical (unpaired) electrons. The summed E-state index contributed by atoms with van der Waals surface area (Å²) in [6.45, 7) is 0.713. The highest BCUT2D eigenvalue weighted by molar-refractivity contribution is 6.31. The zero-order chi connectivity index (χ0) is 14.7. The lowest BCUT2D eigenvalue weighted by molar-refractivity contribution is 0.461. The molecule has 106 valence electrons. The Morgan fingerprint density at radius 1 is 1.14 bits per heavy atom. The van der Waals surface area contributed by atoms with Crippen LogP contribution in [0.25, 0.3) is 10.9 Å². The van der Waals surface area contributed by atoms with Crippen molar-refractivity contribution in [3.8, 4) is 11.6 Å². The lowest BCUT2D eigenvalue weighted by Gasteiger charge is -2.08. The van der Waals surface area contributed by atoms with E-state index in [2.05, 4.69) is 15.3 Å². The van der Waals surface area contributed by atoms with Crippen LogP contribution in [0.3, 0.4) is 0 Å². The molecular weight excluding hydrogens is 286 g/mol.